The fraction of sp³-hybridized carbons (Fsp3) is 0.250. The van der Waals surface area contributed by atoms with Crippen LogP contribution in [0, 0.1) is 12.7 Å². The molecule has 0 aliphatic carbocycles. The lowest BCUT2D eigenvalue weighted by molar-refractivity contribution is 0.184. The van der Waals surface area contributed by atoms with Gasteiger partial charge in [-0.3, -0.25) is 0 Å². The predicted molar refractivity (Wildman–Crippen MR) is 72.4 cm³/mol. The van der Waals surface area contributed by atoms with Crippen LogP contribution in [0.3, 0.4) is 0 Å². The van der Waals surface area contributed by atoms with Crippen LogP contribution in [-0.2, 0) is 11.3 Å². The smallest absolute Gasteiger partial charge is 0.123 e. The Labute approximate surface area is 112 Å². The van der Waals surface area contributed by atoms with Gasteiger partial charge in [-0.05, 0) is 41.3 Å². The van der Waals surface area contributed by atoms with Crippen molar-refractivity contribution in [3.05, 3.63) is 70.5 Å². The number of hydrogen-bond donors (Lipinski definition) is 1. The second-order valence-corrected chi connectivity index (χ2v) is 4.58. The van der Waals surface area contributed by atoms with Crippen LogP contribution in [0.25, 0.3) is 0 Å². The zero-order chi connectivity index (χ0) is 13.8. The van der Waals surface area contributed by atoms with E-state index in [1.54, 1.807) is 13.2 Å². The second-order valence-electron chi connectivity index (χ2n) is 4.58. The van der Waals surface area contributed by atoms with Gasteiger partial charge in [-0.1, -0.05) is 30.3 Å². The van der Waals surface area contributed by atoms with E-state index in [1.165, 1.54) is 12.1 Å². The van der Waals surface area contributed by atoms with Gasteiger partial charge in [0.1, 0.15) is 11.9 Å². The Balaban J connectivity index is 2.35. The van der Waals surface area contributed by atoms with Crippen molar-refractivity contribution in [2.75, 3.05) is 7.11 Å². The molecule has 3 heteroatoms. The van der Waals surface area contributed by atoms with Gasteiger partial charge >= 0.3 is 0 Å². The average molecular weight is 260 g/mol. The predicted octanol–water partition coefficient (Wildman–Crippen LogP) is 3.36. The maximum atomic E-state index is 13.3. The fourth-order valence-electron chi connectivity index (χ4n) is 2.11. The van der Waals surface area contributed by atoms with Gasteiger partial charge in [0.05, 0.1) is 6.61 Å². The molecule has 0 bridgehead atoms. The van der Waals surface area contributed by atoms with Crippen molar-refractivity contribution >= 4 is 0 Å². The summed E-state index contributed by atoms with van der Waals surface area (Å²) in [5.41, 5.74) is 3.18. The molecule has 0 aromatic heterocycles. The monoisotopic (exact) mass is 260 g/mol. The van der Waals surface area contributed by atoms with Crippen LogP contribution in [0.4, 0.5) is 4.39 Å². The van der Waals surface area contributed by atoms with E-state index in [9.17, 15) is 9.50 Å². The van der Waals surface area contributed by atoms with E-state index in [-0.39, 0.29) is 5.82 Å². The quantitative estimate of drug-likeness (QED) is 0.913. The summed E-state index contributed by atoms with van der Waals surface area (Å²) in [6.07, 6.45) is -0.826. The fourth-order valence-corrected chi connectivity index (χ4v) is 2.11. The van der Waals surface area contributed by atoms with Gasteiger partial charge in [0.15, 0.2) is 0 Å². The van der Waals surface area contributed by atoms with Gasteiger partial charge in [0.25, 0.3) is 0 Å². The molecule has 0 spiro atoms. The minimum absolute atomic E-state index is 0.340. The van der Waals surface area contributed by atoms with Crippen LogP contribution in [0.2, 0.25) is 0 Å². The normalized spacial score (nSPS) is 12.4. The lowest BCUT2D eigenvalue weighted by Gasteiger charge is -2.15. The number of rotatable bonds is 4. The highest BCUT2D eigenvalue weighted by Crippen LogP contribution is 2.26. The van der Waals surface area contributed by atoms with Crippen LogP contribution < -0.4 is 0 Å². The minimum atomic E-state index is -0.826. The van der Waals surface area contributed by atoms with Crippen LogP contribution in [0.1, 0.15) is 28.4 Å². The molecule has 2 aromatic rings. The Morgan fingerprint density at radius 1 is 1.21 bits per heavy atom. The molecule has 1 N–H and O–H groups in total. The van der Waals surface area contributed by atoms with Gasteiger partial charge < -0.3 is 9.84 Å². The van der Waals surface area contributed by atoms with Crippen molar-refractivity contribution in [2.45, 2.75) is 19.6 Å². The number of aliphatic hydroxyl groups excluding tert-OH is 1. The zero-order valence-electron chi connectivity index (χ0n) is 11.1. The van der Waals surface area contributed by atoms with E-state index in [1.807, 2.05) is 31.2 Å². The molecule has 0 saturated heterocycles. The highest BCUT2D eigenvalue weighted by molar-refractivity contribution is 5.37. The number of benzene rings is 2. The Morgan fingerprint density at radius 2 is 2.00 bits per heavy atom. The van der Waals surface area contributed by atoms with Crippen molar-refractivity contribution in [3.63, 3.8) is 0 Å². The molecule has 1 unspecified atom stereocenters. The molecule has 0 radical (unpaired) electrons. The van der Waals surface area contributed by atoms with Crippen LogP contribution >= 0.6 is 0 Å². The molecule has 2 rings (SSSR count). The van der Waals surface area contributed by atoms with E-state index >= 15 is 0 Å². The summed E-state index contributed by atoms with van der Waals surface area (Å²) >= 11 is 0. The molecule has 0 fully saturated rings. The van der Waals surface area contributed by atoms with E-state index < -0.39 is 6.10 Å². The summed E-state index contributed by atoms with van der Waals surface area (Å²) in [5.74, 6) is -0.340. The summed E-state index contributed by atoms with van der Waals surface area (Å²) in [6.45, 7) is 2.35. The summed E-state index contributed by atoms with van der Waals surface area (Å²) in [4.78, 5) is 0. The van der Waals surface area contributed by atoms with Crippen molar-refractivity contribution in [2.24, 2.45) is 0 Å². The van der Waals surface area contributed by atoms with Crippen LogP contribution in [0.15, 0.2) is 42.5 Å². The first kappa shape index (κ1) is 13.7. The van der Waals surface area contributed by atoms with Gasteiger partial charge in [-0.2, -0.15) is 0 Å². The van der Waals surface area contributed by atoms with Gasteiger partial charge in [0.2, 0.25) is 0 Å². The van der Waals surface area contributed by atoms with E-state index in [0.717, 1.165) is 16.7 Å². The lowest BCUT2D eigenvalue weighted by atomic mass is 9.96. The second kappa shape index (κ2) is 5.95. The lowest BCUT2D eigenvalue weighted by Crippen LogP contribution is -2.03. The molecule has 2 nitrogen and oxygen atoms in total. The third-order valence-corrected chi connectivity index (χ3v) is 3.11. The molecule has 2 aromatic carbocycles. The molecular weight excluding hydrogens is 243 g/mol. The summed E-state index contributed by atoms with van der Waals surface area (Å²) in [7, 11) is 1.62. The van der Waals surface area contributed by atoms with E-state index in [4.69, 9.17) is 4.74 Å². The molecular formula is C16H17FO2. The number of hydrogen-bond acceptors (Lipinski definition) is 2. The standard InChI is InChI=1S/C16H17FO2/c1-11-6-7-14(17)9-15(11)16(18)13-5-3-4-12(8-13)10-19-2/h3-9,16,18H,10H2,1-2H3. The Morgan fingerprint density at radius 3 is 2.74 bits per heavy atom. The zero-order valence-corrected chi connectivity index (χ0v) is 11.1. The number of ether oxygens (including phenoxy) is 1. The maximum Gasteiger partial charge on any atom is 0.123 e. The van der Waals surface area contributed by atoms with Crippen molar-refractivity contribution in [3.8, 4) is 0 Å². The van der Waals surface area contributed by atoms with Gasteiger partial charge in [0, 0.05) is 7.11 Å². The number of methoxy groups -OCH3 is 1. The van der Waals surface area contributed by atoms with Crippen LogP contribution in [0.5, 0.6) is 0 Å². The van der Waals surface area contributed by atoms with Gasteiger partial charge in [-0.25, -0.2) is 4.39 Å². The summed E-state index contributed by atoms with van der Waals surface area (Å²) < 4.78 is 18.4. The van der Waals surface area contributed by atoms with Gasteiger partial charge in [-0.15, -0.1) is 0 Å². The maximum absolute atomic E-state index is 13.3. The van der Waals surface area contributed by atoms with E-state index in [2.05, 4.69) is 0 Å². The minimum Gasteiger partial charge on any atom is -0.384 e. The molecule has 0 heterocycles. The van der Waals surface area contributed by atoms with E-state index in [0.29, 0.717) is 12.2 Å². The molecule has 0 aliphatic rings. The van der Waals surface area contributed by atoms with Crippen molar-refractivity contribution in [1.29, 1.82) is 0 Å². The first-order valence-electron chi connectivity index (χ1n) is 6.13. The summed E-state index contributed by atoms with van der Waals surface area (Å²) in [5, 5.41) is 10.4. The molecule has 19 heavy (non-hydrogen) atoms. The third-order valence-electron chi connectivity index (χ3n) is 3.11. The molecule has 0 saturated carbocycles. The van der Waals surface area contributed by atoms with Crippen LogP contribution in [-0.4, -0.2) is 12.2 Å². The molecule has 1 atom stereocenters. The Hall–Kier alpha value is -1.71. The number of halogens is 1. The Kier molecular flexibility index (Phi) is 4.30. The van der Waals surface area contributed by atoms with Crippen molar-refractivity contribution in [1.82, 2.24) is 0 Å². The first-order valence-corrected chi connectivity index (χ1v) is 6.13. The number of aryl methyl sites for hydroxylation is 1. The van der Waals surface area contributed by atoms with Crippen molar-refractivity contribution < 1.29 is 14.2 Å². The molecule has 100 valence electrons. The Bertz CT molecular complexity index is 566. The summed E-state index contributed by atoms with van der Waals surface area (Å²) in [6, 6.07) is 11.9. The largest absolute Gasteiger partial charge is 0.384 e. The molecule has 0 amide bonds. The first-order chi connectivity index (χ1) is 9.11. The molecule has 0 aliphatic heterocycles. The highest BCUT2D eigenvalue weighted by atomic mass is 19.1. The SMILES string of the molecule is COCc1cccc(C(O)c2cc(F)ccc2C)c1. The number of aliphatic hydroxyl groups is 1. The third kappa shape index (κ3) is 3.19. The highest BCUT2D eigenvalue weighted by Gasteiger charge is 2.14. The topological polar surface area (TPSA) is 29.5 Å². The average Bonchev–Trinajstić information content (AvgIpc) is 2.41.